The molecule has 0 aliphatic carbocycles. The highest BCUT2D eigenvalue weighted by Gasteiger charge is 2.21. The highest BCUT2D eigenvalue weighted by Crippen LogP contribution is 2.23. The monoisotopic (exact) mass is 319 g/mol. The van der Waals surface area contributed by atoms with E-state index in [1.165, 1.54) is 4.80 Å². The van der Waals surface area contributed by atoms with Crippen molar-refractivity contribution in [2.75, 3.05) is 13.1 Å². The molecule has 116 valence electrons. The van der Waals surface area contributed by atoms with Crippen molar-refractivity contribution in [3.63, 3.8) is 0 Å². The Kier molecular flexibility index (Phi) is 4.38. The van der Waals surface area contributed by atoms with Crippen molar-refractivity contribution in [2.45, 2.75) is 26.3 Å². The summed E-state index contributed by atoms with van der Waals surface area (Å²) in [6.45, 7) is 3.96. The van der Waals surface area contributed by atoms with Gasteiger partial charge in [0.2, 0.25) is 11.7 Å². The molecule has 0 radical (unpaired) electrons. The van der Waals surface area contributed by atoms with Crippen molar-refractivity contribution in [2.24, 2.45) is 5.92 Å². The van der Waals surface area contributed by atoms with Crippen molar-refractivity contribution >= 4 is 17.5 Å². The largest absolute Gasteiger partial charge is 0.341 e. The molecule has 1 amide bonds. The number of carbonyl (C=O) groups is 1. The average Bonchev–Trinajstić information content (AvgIpc) is 2.96. The van der Waals surface area contributed by atoms with Crippen molar-refractivity contribution in [1.29, 1.82) is 0 Å². The Balaban J connectivity index is 1.67. The topological polar surface area (TPSA) is 63.9 Å². The molecule has 2 aromatic rings. The average molecular weight is 320 g/mol. The Morgan fingerprint density at radius 1 is 1.32 bits per heavy atom. The molecule has 1 saturated heterocycles. The molecule has 0 saturated carbocycles. The van der Waals surface area contributed by atoms with Gasteiger partial charge in [0, 0.05) is 18.7 Å². The lowest BCUT2D eigenvalue weighted by molar-refractivity contribution is -0.133. The second-order valence-electron chi connectivity index (χ2n) is 5.69. The lowest BCUT2D eigenvalue weighted by Gasteiger charge is -2.30. The minimum atomic E-state index is 0.0370. The zero-order chi connectivity index (χ0) is 15.5. The van der Waals surface area contributed by atoms with Crippen molar-refractivity contribution in [3.8, 4) is 11.4 Å². The van der Waals surface area contributed by atoms with Gasteiger partial charge in [-0.05, 0) is 36.1 Å². The van der Waals surface area contributed by atoms with Crippen LogP contribution in [-0.2, 0) is 11.3 Å². The number of nitrogens with zero attached hydrogens (tertiary/aromatic N) is 5. The SMILES string of the molecule is CC1CCN(C(=O)Cn2nnc(-c3ccccc3Cl)n2)CC1. The molecular formula is C15H18ClN5O. The Morgan fingerprint density at radius 3 is 2.77 bits per heavy atom. The molecule has 22 heavy (non-hydrogen) atoms. The summed E-state index contributed by atoms with van der Waals surface area (Å²) in [5.74, 6) is 1.17. The van der Waals surface area contributed by atoms with E-state index in [4.69, 9.17) is 11.6 Å². The molecular weight excluding hydrogens is 302 g/mol. The van der Waals surface area contributed by atoms with E-state index >= 15 is 0 Å². The van der Waals surface area contributed by atoms with Crippen LogP contribution >= 0.6 is 11.6 Å². The Hall–Kier alpha value is -1.95. The van der Waals surface area contributed by atoms with E-state index in [9.17, 15) is 4.79 Å². The molecule has 6 nitrogen and oxygen atoms in total. The Labute approximate surface area is 134 Å². The summed E-state index contributed by atoms with van der Waals surface area (Å²) in [5, 5.41) is 12.8. The quantitative estimate of drug-likeness (QED) is 0.870. The molecule has 1 aliphatic rings. The maximum atomic E-state index is 12.3. The fourth-order valence-corrected chi connectivity index (χ4v) is 2.76. The highest BCUT2D eigenvalue weighted by atomic mass is 35.5. The number of hydrogen-bond donors (Lipinski definition) is 0. The lowest BCUT2D eigenvalue weighted by atomic mass is 9.99. The maximum Gasteiger partial charge on any atom is 0.246 e. The molecule has 3 rings (SSSR count). The normalized spacial score (nSPS) is 16.0. The van der Waals surface area contributed by atoms with Crippen LogP contribution in [0.2, 0.25) is 5.02 Å². The number of carbonyl (C=O) groups excluding carboxylic acids is 1. The molecule has 0 unspecified atom stereocenters. The van der Waals surface area contributed by atoms with Crippen LogP contribution in [0.1, 0.15) is 19.8 Å². The third-order valence-electron chi connectivity index (χ3n) is 3.98. The van der Waals surface area contributed by atoms with Crippen LogP contribution in [0.5, 0.6) is 0 Å². The Morgan fingerprint density at radius 2 is 2.05 bits per heavy atom. The summed E-state index contributed by atoms with van der Waals surface area (Å²) in [4.78, 5) is 15.5. The van der Waals surface area contributed by atoms with E-state index in [2.05, 4.69) is 22.3 Å². The number of halogens is 1. The summed E-state index contributed by atoms with van der Waals surface area (Å²) in [7, 11) is 0. The fraction of sp³-hybridized carbons (Fsp3) is 0.467. The van der Waals surface area contributed by atoms with E-state index in [0.717, 1.165) is 31.5 Å². The number of tetrazole rings is 1. The van der Waals surface area contributed by atoms with Gasteiger partial charge in [0.15, 0.2) is 0 Å². The minimum Gasteiger partial charge on any atom is -0.341 e. The number of amides is 1. The predicted molar refractivity (Wildman–Crippen MR) is 83.2 cm³/mol. The second-order valence-corrected chi connectivity index (χ2v) is 6.09. The first-order chi connectivity index (χ1) is 10.6. The van der Waals surface area contributed by atoms with Crippen LogP contribution in [-0.4, -0.2) is 44.1 Å². The standard InChI is InChI=1S/C15H18ClN5O/c1-11-6-8-20(9-7-11)14(22)10-21-18-15(17-19-21)12-4-2-3-5-13(12)16/h2-5,11H,6-10H2,1H3. The summed E-state index contributed by atoms with van der Waals surface area (Å²) in [6, 6.07) is 7.31. The minimum absolute atomic E-state index is 0.0370. The zero-order valence-electron chi connectivity index (χ0n) is 12.4. The van der Waals surface area contributed by atoms with Crippen LogP contribution in [0.3, 0.4) is 0 Å². The fourth-order valence-electron chi connectivity index (χ4n) is 2.54. The molecule has 1 aromatic carbocycles. The third-order valence-corrected chi connectivity index (χ3v) is 4.31. The third kappa shape index (κ3) is 3.27. The molecule has 1 fully saturated rings. The van der Waals surface area contributed by atoms with Gasteiger partial charge in [0.1, 0.15) is 6.54 Å². The van der Waals surface area contributed by atoms with E-state index < -0.39 is 0 Å². The Bertz CT molecular complexity index is 663. The summed E-state index contributed by atoms with van der Waals surface area (Å²) in [5.41, 5.74) is 0.717. The van der Waals surface area contributed by atoms with Crippen LogP contribution in [0, 0.1) is 5.92 Å². The van der Waals surface area contributed by atoms with Gasteiger partial charge in [-0.2, -0.15) is 4.80 Å². The van der Waals surface area contributed by atoms with Gasteiger partial charge >= 0.3 is 0 Å². The summed E-state index contributed by atoms with van der Waals surface area (Å²) in [6.07, 6.45) is 2.11. The molecule has 1 aliphatic heterocycles. The number of piperidine rings is 1. The highest BCUT2D eigenvalue weighted by molar-refractivity contribution is 6.33. The zero-order valence-corrected chi connectivity index (χ0v) is 13.2. The first-order valence-electron chi connectivity index (χ1n) is 7.44. The van der Waals surface area contributed by atoms with Crippen LogP contribution < -0.4 is 0 Å². The molecule has 2 heterocycles. The summed E-state index contributed by atoms with van der Waals surface area (Å²) < 4.78 is 0. The van der Waals surface area contributed by atoms with Crippen LogP contribution in [0.15, 0.2) is 24.3 Å². The van der Waals surface area contributed by atoms with Crippen molar-refractivity contribution in [1.82, 2.24) is 25.1 Å². The molecule has 0 spiro atoms. The van der Waals surface area contributed by atoms with Crippen LogP contribution in [0.4, 0.5) is 0 Å². The van der Waals surface area contributed by atoms with Crippen LogP contribution in [0.25, 0.3) is 11.4 Å². The van der Waals surface area contributed by atoms with E-state index in [1.807, 2.05) is 23.1 Å². The molecule has 1 aromatic heterocycles. The van der Waals surface area contributed by atoms with Crippen molar-refractivity contribution < 1.29 is 4.79 Å². The van der Waals surface area contributed by atoms with E-state index in [1.54, 1.807) is 6.07 Å². The van der Waals surface area contributed by atoms with Gasteiger partial charge in [-0.15, -0.1) is 10.2 Å². The molecule has 0 bridgehead atoms. The van der Waals surface area contributed by atoms with Gasteiger partial charge in [-0.1, -0.05) is 30.7 Å². The number of hydrogen-bond acceptors (Lipinski definition) is 4. The number of likely N-dealkylation sites (tertiary alicyclic amines) is 1. The number of benzene rings is 1. The summed E-state index contributed by atoms with van der Waals surface area (Å²) >= 11 is 6.12. The van der Waals surface area contributed by atoms with Gasteiger partial charge < -0.3 is 4.90 Å². The van der Waals surface area contributed by atoms with Crippen molar-refractivity contribution in [3.05, 3.63) is 29.3 Å². The van der Waals surface area contributed by atoms with Gasteiger partial charge in [0.05, 0.1) is 5.02 Å². The van der Waals surface area contributed by atoms with Gasteiger partial charge in [0.25, 0.3) is 0 Å². The van der Waals surface area contributed by atoms with Gasteiger partial charge in [-0.25, -0.2) is 0 Å². The smallest absolute Gasteiger partial charge is 0.246 e. The lowest BCUT2D eigenvalue weighted by Crippen LogP contribution is -2.40. The molecule has 7 heteroatoms. The van der Waals surface area contributed by atoms with E-state index in [0.29, 0.717) is 16.8 Å². The van der Waals surface area contributed by atoms with E-state index in [-0.39, 0.29) is 12.5 Å². The molecule has 0 N–H and O–H groups in total. The number of rotatable bonds is 3. The predicted octanol–water partition coefficient (Wildman–Crippen LogP) is 2.25. The molecule has 0 atom stereocenters. The maximum absolute atomic E-state index is 12.3. The van der Waals surface area contributed by atoms with Gasteiger partial charge in [-0.3, -0.25) is 4.79 Å². The second kappa shape index (κ2) is 6.44. The first kappa shape index (κ1) is 15.0. The number of aromatic nitrogens is 4. The first-order valence-corrected chi connectivity index (χ1v) is 7.82.